The molecule has 0 heterocycles. The number of hydrogen-bond acceptors (Lipinski definition) is 1. The van der Waals surface area contributed by atoms with Gasteiger partial charge in [-0.1, -0.05) is 32.1 Å². The van der Waals surface area contributed by atoms with Crippen LogP contribution in [0.15, 0.2) is 35.2 Å². The normalized spacial score (nSPS) is 21.9. The fourth-order valence-corrected chi connectivity index (χ4v) is 2.95. The van der Waals surface area contributed by atoms with Gasteiger partial charge in [0.05, 0.1) is 0 Å². The lowest BCUT2D eigenvalue weighted by Crippen LogP contribution is -2.04. The van der Waals surface area contributed by atoms with E-state index in [2.05, 4.69) is 37.9 Å². The van der Waals surface area contributed by atoms with Crippen molar-refractivity contribution >= 4 is 21.0 Å². The van der Waals surface area contributed by atoms with E-state index in [1.54, 1.807) is 6.26 Å². The van der Waals surface area contributed by atoms with Crippen LogP contribution in [0, 0.1) is 5.41 Å². The summed E-state index contributed by atoms with van der Waals surface area (Å²) in [5, 5.41) is 0. The molecule has 92 valence electrons. The molecule has 0 bridgehead atoms. The second-order valence-corrected chi connectivity index (χ2v) is 8.29. The zero-order valence-electron chi connectivity index (χ0n) is 10.8. The van der Waals surface area contributed by atoms with Crippen LogP contribution >= 0.6 is 0 Å². The minimum absolute atomic E-state index is 0.388. The second kappa shape index (κ2) is 4.02. The minimum atomic E-state index is -2.09. The van der Waals surface area contributed by atoms with E-state index < -0.39 is 9.52 Å². The Kier molecular flexibility index (Phi) is 2.94. The van der Waals surface area contributed by atoms with Gasteiger partial charge >= 0.3 is 0 Å². The summed E-state index contributed by atoms with van der Waals surface area (Å²) in [6.45, 7) is 4.58. The third-order valence-electron chi connectivity index (χ3n) is 3.29. The topological polar surface area (TPSA) is 17.1 Å². The van der Waals surface area contributed by atoms with Crippen molar-refractivity contribution < 1.29 is 4.21 Å². The summed E-state index contributed by atoms with van der Waals surface area (Å²) >= 11 is 0. The van der Waals surface area contributed by atoms with Gasteiger partial charge in [-0.25, -0.2) is 0 Å². The van der Waals surface area contributed by atoms with Gasteiger partial charge in [0, 0.05) is 11.2 Å². The van der Waals surface area contributed by atoms with Crippen LogP contribution in [-0.4, -0.2) is 16.3 Å². The standard InChI is InChI=1S/C15H20OS/c1-15(2)10-9-13(11-15)12-5-7-14(8-6-12)17(3,4)16/h5-9H,3,10-11H2,1-2,4H3. The molecule has 2 rings (SSSR count). The Balaban J connectivity index is 2.26. The van der Waals surface area contributed by atoms with E-state index in [1.807, 2.05) is 12.1 Å². The molecule has 1 unspecified atom stereocenters. The second-order valence-electron chi connectivity index (χ2n) is 5.80. The lowest BCUT2D eigenvalue weighted by atomic mass is 9.88. The van der Waals surface area contributed by atoms with Gasteiger partial charge in [-0.15, -0.1) is 0 Å². The Morgan fingerprint density at radius 3 is 2.24 bits per heavy atom. The van der Waals surface area contributed by atoms with Crippen molar-refractivity contribution in [2.24, 2.45) is 5.41 Å². The third-order valence-corrected chi connectivity index (χ3v) is 4.56. The maximum absolute atomic E-state index is 11.8. The molecule has 0 saturated heterocycles. The van der Waals surface area contributed by atoms with Crippen molar-refractivity contribution in [2.75, 3.05) is 6.26 Å². The van der Waals surface area contributed by atoms with E-state index in [0.717, 1.165) is 17.7 Å². The van der Waals surface area contributed by atoms with Gasteiger partial charge in [-0.05, 0) is 56.9 Å². The van der Waals surface area contributed by atoms with Crippen molar-refractivity contribution in [3.05, 3.63) is 35.9 Å². The van der Waals surface area contributed by atoms with E-state index in [4.69, 9.17) is 0 Å². The first kappa shape index (κ1) is 12.4. The molecule has 0 saturated carbocycles. The van der Waals surface area contributed by atoms with Gasteiger partial charge in [-0.3, -0.25) is 4.21 Å². The van der Waals surface area contributed by atoms with E-state index >= 15 is 0 Å². The van der Waals surface area contributed by atoms with Crippen LogP contribution in [0.2, 0.25) is 0 Å². The quantitative estimate of drug-likeness (QED) is 0.731. The van der Waals surface area contributed by atoms with Gasteiger partial charge in [0.25, 0.3) is 0 Å². The number of rotatable bonds is 2. The van der Waals surface area contributed by atoms with Crippen molar-refractivity contribution in [2.45, 2.75) is 31.6 Å². The molecule has 0 amide bonds. The Morgan fingerprint density at radius 2 is 1.82 bits per heavy atom. The largest absolute Gasteiger partial charge is 0.263 e. The molecule has 0 aromatic heterocycles. The maximum atomic E-state index is 11.8. The van der Waals surface area contributed by atoms with Gasteiger partial charge in [0.2, 0.25) is 0 Å². The Labute approximate surface area is 105 Å². The zero-order chi connectivity index (χ0) is 12.7. The molecule has 1 atom stereocenters. The van der Waals surface area contributed by atoms with Crippen molar-refractivity contribution in [3.63, 3.8) is 0 Å². The molecule has 17 heavy (non-hydrogen) atoms. The molecule has 0 radical (unpaired) electrons. The Morgan fingerprint density at radius 1 is 1.24 bits per heavy atom. The fraction of sp³-hybridized carbons (Fsp3) is 0.400. The molecule has 1 aromatic carbocycles. The van der Waals surface area contributed by atoms with Gasteiger partial charge < -0.3 is 0 Å². The van der Waals surface area contributed by atoms with Crippen LogP contribution in [-0.2, 0) is 9.52 Å². The van der Waals surface area contributed by atoms with E-state index in [-0.39, 0.29) is 0 Å². The minimum Gasteiger partial charge on any atom is -0.263 e. The highest BCUT2D eigenvalue weighted by atomic mass is 32.2. The van der Waals surface area contributed by atoms with Crippen LogP contribution in [0.5, 0.6) is 0 Å². The molecule has 1 nitrogen and oxygen atoms in total. The third kappa shape index (κ3) is 2.81. The summed E-state index contributed by atoms with van der Waals surface area (Å²) in [7, 11) is -2.09. The van der Waals surface area contributed by atoms with Gasteiger partial charge in [0.1, 0.15) is 0 Å². The molecule has 0 aliphatic heterocycles. The summed E-state index contributed by atoms with van der Waals surface area (Å²) in [5.74, 6) is 3.70. The number of benzene rings is 1. The first-order valence-electron chi connectivity index (χ1n) is 5.90. The highest BCUT2D eigenvalue weighted by molar-refractivity contribution is 7.99. The Hall–Kier alpha value is -1.02. The van der Waals surface area contributed by atoms with Crippen LogP contribution in [0.25, 0.3) is 5.57 Å². The number of hydrogen-bond donors (Lipinski definition) is 0. The first-order chi connectivity index (χ1) is 7.78. The van der Waals surface area contributed by atoms with Crippen LogP contribution in [0.1, 0.15) is 32.3 Å². The molecule has 1 aliphatic carbocycles. The number of allylic oxidation sites excluding steroid dienone is 2. The molecular formula is C15H20OS. The zero-order valence-corrected chi connectivity index (χ0v) is 11.6. The van der Waals surface area contributed by atoms with Crippen molar-refractivity contribution in [1.29, 1.82) is 0 Å². The summed E-state index contributed by atoms with van der Waals surface area (Å²) in [5.41, 5.74) is 3.05. The van der Waals surface area contributed by atoms with Gasteiger partial charge in [0.15, 0.2) is 0 Å². The monoisotopic (exact) mass is 248 g/mol. The molecule has 1 aliphatic rings. The lowest BCUT2D eigenvalue weighted by molar-refractivity contribution is 0.403. The van der Waals surface area contributed by atoms with Crippen molar-refractivity contribution in [1.82, 2.24) is 0 Å². The van der Waals surface area contributed by atoms with E-state index in [0.29, 0.717) is 5.41 Å². The average molecular weight is 248 g/mol. The fourth-order valence-electron chi connectivity index (χ4n) is 2.24. The average Bonchev–Trinajstić information content (AvgIpc) is 2.58. The maximum Gasteiger partial charge on any atom is 0.0302 e. The molecule has 1 aromatic rings. The van der Waals surface area contributed by atoms with Crippen molar-refractivity contribution in [3.8, 4) is 0 Å². The first-order valence-corrected chi connectivity index (χ1v) is 8.03. The summed E-state index contributed by atoms with van der Waals surface area (Å²) < 4.78 is 11.8. The van der Waals surface area contributed by atoms with Crippen LogP contribution in [0.4, 0.5) is 0 Å². The Bertz CT molecular complexity index is 545. The van der Waals surface area contributed by atoms with Gasteiger partial charge in [-0.2, -0.15) is 0 Å². The highest BCUT2D eigenvalue weighted by Gasteiger charge is 2.24. The van der Waals surface area contributed by atoms with Crippen LogP contribution in [0.3, 0.4) is 0 Å². The lowest BCUT2D eigenvalue weighted by Gasteiger charge is -2.17. The SMILES string of the molecule is C=S(C)(=O)c1ccc(C2=CCC(C)(C)C2)cc1. The molecule has 0 N–H and O–H groups in total. The molecule has 0 spiro atoms. The predicted molar refractivity (Wildman–Crippen MR) is 76.9 cm³/mol. The summed E-state index contributed by atoms with van der Waals surface area (Å²) in [6, 6.07) is 8.02. The van der Waals surface area contributed by atoms with Crippen LogP contribution < -0.4 is 0 Å². The summed E-state index contributed by atoms with van der Waals surface area (Å²) in [6.07, 6.45) is 6.27. The molecular weight excluding hydrogens is 228 g/mol. The van der Waals surface area contributed by atoms with E-state index in [9.17, 15) is 4.21 Å². The van der Waals surface area contributed by atoms with E-state index in [1.165, 1.54) is 11.1 Å². The predicted octanol–water partition coefficient (Wildman–Crippen LogP) is 3.60. The summed E-state index contributed by atoms with van der Waals surface area (Å²) in [4.78, 5) is 0.833. The highest BCUT2D eigenvalue weighted by Crippen LogP contribution is 2.40. The molecule has 0 fully saturated rings. The smallest absolute Gasteiger partial charge is 0.0302 e. The molecule has 2 heteroatoms.